The average molecular weight is 304 g/mol. The van der Waals surface area contributed by atoms with Crippen LogP contribution in [0.4, 0.5) is 0 Å². The fourth-order valence-electron chi connectivity index (χ4n) is 2.97. The van der Waals surface area contributed by atoms with E-state index in [9.17, 15) is 14.7 Å². The molecule has 1 saturated carbocycles. The molecule has 3 rings (SSSR count). The summed E-state index contributed by atoms with van der Waals surface area (Å²) in [5.41, 5.74) is -0.801. The van der Waals surface area contributed by atoms with Crippen molar-refractivity contribution in [1.82, 2.24) is 0 Å². The highest BCUT2D eigenvalue weighted by molar-refractivity contribution is 6.02. The Labute approximate surface area is 129 Å². The van der Waals surface area contributed by atoms with Gasteiger partial charge in [0.1, 0.15) is 12.2 Å². The molecule has 5 nitrogen and oxygen atoms in total. The summed E-state index contributed by atoms with van der Waals surface area (Å²) in [5, 5.41) is 9.20. The van der Waals surface area contributed by atoms with Crippen LogP contribution in [0.5, 0.6) is 0 Å². The first-order chi connectivity index (χ1) is 10.3. The van der Waals surface area contributed by atoms with Crippen molar-refractivity contribution in [3.05, 3.63) is 35.9 Å². The van der Waals surface area contributed by atoms with Gasteiger partial charge in [-0.05, 0) is 32.3 Å². The van der Waals surface area contributed by atoms with E-state index in [0.717, 1.165) is 5.56 Å². The molecular weight excluding hydrogens is 284 g/mol. The topological polar surface area (TPSA) is 72.8 Å². The Bertz CT molecular complexity index is 588. The van der Waals surface area contributed by atoms with Gasteiger partial charge in [-0.2, -0.15) is 0 Å². The van der Waals surface area contributed by atoms with Crippen molar-refractivity contribution in [3.8, 4) is 0 Å². The summed E-state index contributed by atoms with van der Waals surface area (Å²) in [5.74, 6) is -1.72. The number of carboxylic acids is 1. The quantitative estimate of drug-likeness (QED) is 0.684. The van der Waals surface area contributed by atoms with E-state index in [-0.39, 0.29) is 6.10 Å². The molecular formula is C17H20O5. The first-order valence-electron chi connectivity index (χ1n) is 7.51. The smallest absolute Gasteiger partial charge is 0.323 e. The standard InChI is InChI=1S/C17H20O5/c1-16(2)10-12(13(22-16)11-6-4-3-5-7-11)21-15(20)17(8-9-17)14(18)19/h3-7,12-13H,8-10H2,1-2H3,(H,18,19)/t12-,13+/m0/s1. The highest BCUT2D eigenvalue weighted by Gasteiger charge is 2.60. The molecule has 1 aromatic rings. The van der Waals surface area contributed by atoms with Crippen LogP contribution in [0, 0.1) is 5.41 Å². The normalized spacial score (nSPS) is 28.1. The van der Waals surface area contributed by atoms with Crippen LogP contribution in [-0.4, -0.2) is 28.8 Å². The van der Waals surface area contributed by atoms with E-state index in [1.165, 1.54) is 0 Å². The molecule has 0 aromatic heterocycles. The van der Waals surface area contributed by atoms with Gasteiger partial charge in [-0.3, -0.25) is 9.59 Å². The van der Waals surface area contributed by atoms with E-state index < -0.39 is 29.1 Å². The van der Waals surface area contributed by atoms with Crippen molar-refractivity contribution >= 4 is 11.9 Å². The predicted octanol–water partition coefficient (Wildman–Crippen LogP) is 2.70. The maximum Gasteiger partial charge on any atom is 0.323 e. The molecule has 22 heavy (non-hydrogen) atoms. The number of rotatable bonds is 4. The van der Waals surface area contributed by atoms with E-state index in [0.29, 0.717) is 19.3 Å². The molecule has 1 aliphatic heterocycles. The number of hydrogen-bond donors (Lipinski definition) is 1. The molecule has 1 N–H and O–H groups in total. The van der Waals surface area contributed by atoms with Crippen LogP contribution < -0.4 is 0 Å². The summed E-state index contributed by atoms with van der Waals surface area (Å²) in [6.45, 7) is 3.89. The molecule has 1 heterocycles. The van der Waals surface area contributed by atoms with Gasteiger partial charge < -0.3 is 14.6 Å². The molecule has 1 aromatic carbocycles. The van der Waals surface area contributed by atoms with Gasteiger partial charge in [0.15, 0.2) is 5.41 Å². The number of carbonyl (C=O) groups excluding carboxylic acids is 1. The van der Waals surface area contributed by atoms with Crippen molar-refractivity contribution < 1.29 is 24.2 Å². The zero-order valence-corrected chi connectivity index (χ0v) is 12.7. The number of esters is 1. The molecule has 0 bridgehead atoms. The van der Waals surface area contributed by atoms with Gasteiger partial charge in [-0.25, -0.2) is 0 Å². The molecule has 0 spiro atoms. The number of hydrogen-bond acceptors (Lipinski definition) is 4. The Morgan fingerprint density at radius 2 is 1.86 bits per heavy atom. The number of carboxylic acid groups (broad SMARTS) is 1. The summed E-state index contributed by atoms with van der Waals surface area (Å²) in [7, 11) is 0. The second kappa shape index (κ2) is 5.09. The molecule has 5 heteroatoms. The summed E-state index contributed by atoms with van der Waals surface area (Å²) in [6, 6.07) is 9.58. The molecule has 118 valence electrons. The highest BCUT2D eigenvalue weighted by atomic mass is 16.6. The first-order valence-corrected chi connectivity index (χ1v) is 7.51. The van der Waals surface area contributed by atoms with Crippen LogP contribution in [-0.2, 0) is 19.1 Å². The van der Waals surface area contributed by atoms with E-state index in [1.807, 2.05) is 44.2 Å². The lowest BCUT2D eigenvalue weighted by atomic mass is 9.99. The van der Waals surface area contributed by atoms with Crippen LogP contribution in [0.1, 0.15) is 44.8 Å². The minimum absolute atomic E-state index is 0.355. The third-order valence-corrected chi connectivity index (χ3v) is 4.41. The fraction of sp³-hybridized carbons (Fsp3) is 0.529. The first kappa shape index (κ1) is 15.0. The zero-order valence-electron chi connectivity index (χ0n) is 12.7. The van der Waals surface area contributed by atoms with Gasteiger partial charge >= 0.3 is 11.9 Å². The second-order valence-corrected chi connectivity index (χ2v) is 6.74. The predicted molar refractivity (Wildman–Crippen MR) is 78.1 cm³/mol. The van der Waals surface area contributed by atoms with Crippen LogP contribution in [0.15, 0.2) is 30.3 Å². The molecule has 1 aliphatic carbocycles. The number of carbonyl (C=O) groups is 2. The maximum atomic E-state index is 12.3. The van der Waals surface area contributed by atoms with E-state index in [1.54, 1.807) is 0 Å². The van der Waals surface area contributed by atoms with Crippen molar-refractivity contribution in [2.24, 2.45) is 5.41 Å². The average Bonchev–Trinajstić information content (AvgIpc) is 3.21. The lowest BCUT2D eigenvalue weighted by Gasteiger charge is -2.21. The monoisotopic (exact) mass is 304 g/mol. The Hall–Kier alpha value is -1.88. The van der Waals surface area contributed by atoms with Crippen molar-refractivity contribution in [1.29, 1.82) is 0 Å². The molecule has 0 radical (unpaired) electrons. The van der Waals surface area contributed by atoms with Gasteiger partial charge in [0.05, 0.1) is 5.60 Å². The van der Waals surface area contributed by atoms with Crippen LogP contribution in [0.25, 0.3) is 0 Å². The van der Waals surface area contributed by atoms with Crippen molar-refractivity contribution in [2.45, 2.75) is 50.9 Å². The van der Waals surface area contributed by atoms with E-state index >= 15 is 0 Å². The Kier molecular flexibility index (Phi) is 3.48. The largest absolute Gasteiger partial charge is 0.480 e. The molecule has 2 aliphatic rings. The zero-order chi connectivity index (χ0) is 16.0. The SMILES string of the molecule is CC1(C)C[C@H](OC(=O)C2(C(=O)O)CC2)[C@@H](c2ccccc2)O1. The minimum Gasteiger partial charge on any atom is -0.480 e. The maximum absolute atomic E-state index is 12.3. The highest BCUT2D eigenvalue weighted by Crippen LogP contribution is 2.49. The molecule has 2 fully saturated rings. The van der Waals surface area contributed by atoms with Gasteiger partial charge in [0.2, 0.25) is 0 Å². The summed E-state index contributed by atoms with van der Waals surface area (Å²) < 4.78 is 11.6. The fourth-order valence-corrected chi connectivity index (χ4v) is 2.97. The van der Waals surface area contributed by atoms with Crippen LogP contribution >= 0.6 is 0 Å². The molecule has 0 unspecified atom stereocenters. The van der Waals surface area contributed by atoms with Crippen molar-refractivity contribution in [2.75, 3.05) is 0 Å². The minimum atomic E-state index is -1.33. The number of benzene rings is 1. The summed E-state index contributed by atoms with van der Waals surface area (Å²) in [4.78, 5) is 23.5. The molecule has 0 amide bonds. The molecule has 2 atom stereocenters. The Balaban J connectivity index is 1.79. The van der Waals surface area contributed by atoms with Gasteiger partial charge in [-0.15, -0.1) is 0 Å². The lowest BCUT2D eigenvalue weighted by Crippen LogP contribution is -2.32. The summed E-state index contributed by atoms with van der Waals surface area (Å²) >= 11 is 0. The van der Waals surface area contributed by atoms with Crippen LogP contribution in [0.2, 0.25) is 0 Å². The van der Waals surface area contributed by atoms with Crippen LogP contribution in [0.3, 0.4) is 0 Å². The number of ether oxygens (including phenoxy) is 2. The number of aliphatic carboxylic acids is 1. The van der Waals surface area contributed by atoms with E-state index in [4.69, 9.17) is 9.47 Å². The Morgan fingerprint density at radius 1 is 1.23 bits per heavy atom. The van der Waals surface area contributed by atoms with Crippen molar-refractivity contribution in [3.63, 3.8) is 0 Å². The second-order valence-electron chi connectivity index (χ2n) is 6.74. The van der Waals surface area contributed by atoms with Gasteiger partial charge in [0.25, 0.3) is 0 Å². The third kappa shape index (κ3) is 2.61. The molecule has 1 saturated heterocycles. The van der Waals surface area contributed by atoms with Gasteiger partial charge in [-0.1, -0.05) is 30.3 Å². The lowest BCUT2D eigenvalue weighted by molar-refractivity contribution is -0.167. The van der Waals surface area contributed by atoms with Gasteiger partial charge in [0, 0.05) is 6.42 Å². The van der Waals surface area contributed by atoms with E-state index in [2.05, 4.69) is 0 Å². The third-order valence-electron chi connectivity index (χ3n) is 4.41. The summed E-state index contributed by atoms with van der Waals surface area (Å²) in [6.07, 6.45) is 0.447. The Morgan fingerprint density at radius 3 is 2.41 bits per heavy atom.